The fourth-order valence-corrected chi connectivity index (χ4v) is 1.79. The van der Waals surface area contributed by atoms with E-state index in [0.717, 1.165) is 12.3 Å². The van der Waals surface area contributed by atoms with E-state index in [1.54, 1.807) is 24.4 Å². The summed E-state index contributed by atoms with van der Waals surface area (Å²) in [5.74, 6) is -3.17. The monoisotopic (exact) mass is 246 g/mol. The minimum absolute atomic E-state index is 0.128. The highest BCUT2D eigenvalue weighted by molar-refractivity contribution is 5.79. The van der Waals surface area contributed by atoms with Gasteiger partial charge in [-0.2, -0.15) is 8.78 Å². The summed E-state index contributed by atoms with van der Waals surface area (Å²) in [7, 11) is 0. The van der Waals surface area contributed by atoms with Crippen molar-refractivity contribution in [2.24, 2.45) is 0 Å². The van der Waals surface area contributed by atoms with Crippen molar-refractivity contribution < 1.29 is 13.3 Å². The number of pyridine rings is 1. The van der Waals surface area contributed by atoms with Gasteiger partial charge in [-0.3, -0.25) is 4.98 Å². The maximum absolute atomic E-state index is 14.1. The van der Waals surface area contributed by atoms with Crippen LogP contribution in [0.25, 0.3) is 10.9 Å². The first kappa shape index (κ1) is 10.8. The Morgan fingerprint density at radius 2 is 2.00 bits per heavy atom. The first-order valence-electron chi connectivity index (χ1n) is 5.32. The summed E-state index contributed by atoms with van der Waals surface area (Å²) in [6.45, 7) is 0. The van der Waals surface area contributed by atoms with Gasteiger partial charge >= 0.3 is 5.92 Å². The minimum Gasteiger partial charge on any atom is -0.364 e. The molecule has 0 bridgehead atoms. The molecule has 0 saturated heterocycles. The number of hydrogen-bond donors (Lipinski definition) is 0. The summed E-state index contributed by atoms with van der Waals surface area (Å²) < 4.78 is 32.7. The molecular formula is C13H8F2N2O. The lowest BCUT2D eigenvalue weighted by Gasteiger charge is -2.13. The zero-order valence-electron chi connectivity index (χ0n) is 9.18. The van der Waals surface area contributed by atoms with Gasteiger partial charge in [-0.1, -0.05) is 17.3 Å². The average Bonchev–Trinajstić information content (AvgIpc) is 2.92. The van der Waals surface area contributed by atoms with Crippen LogP contribution in [0.4, 0.5) is 8.78 Å². The lowest BCUT2D eigenvalue weighted by Crippen LogP contribution is -2.15. The largest absolute Gasteiger partial charge is 0.364 e. The molecule has 2 aromatic heterocycles. The molecular weight excluding hydrogens is 238 g/mol. The zero-order chi connectivity index (χ0) is 12.6. The van der Waals surface area contributed by atoms with Crippen molar-refractivity contribution in [3.05, 3.63) is 60.1 Å². The third kappa shape index (κ3) is 1.64. The molecule has 0 atom stereocenters. The lowest BCUT2D eigenvalue weighted by atomic mass is 10.0. The van der Waals surface area contributed by atoms with Gasteiger partial charge in [-0.25, -0.2) is 0 Å². The molecule has 0 radical (unpaired) electrons. The van der Waals surface area contributed by atoms with Gasteiger partial charge in [0.2, 0.25) is 0 Å². The Balaban J connectivity index is 2.14. The molecule has 0 saturated carbocycles. The molecule has 90 valence electrons. The van der Waals surface area contributed by atoms with Crippen LogP contribution >= 0.6 is 0 Å². The van der Waals surface area contributed by atoms with E-state index in [-0.39, 0.29) is 5.56 Å². The quantitative estimate of drug-likeness (QED) is 0.695. The van der Waals surface area contributed by atoms with E-state index < -0.39 is 11.6 Å². The molecule has 0 amide bonds. The SMILES string of the molecule is FC(F)(c1ccc2ncccc2c1)c1ccon1. The molecule has 5 heteroatoms. The molecule has 3 aromatic rings. The number of hydrogen-bond acceptors (Lipinski definition) is 3. The smallest absolute Gasteiger partial charge is 0.318 e. The molecule has 1 aromatic carbocycles. The Bertz CT molecular complexity index is 680. The molecule has 0 aliphatic rings. The first-order chi connectivity index (χ1) is 8.68. The topological polar surface area (TPSA) is 38.9 Å². The van der Waals surface area contributed by atoms with E-state index in [1.807, 2.05) is 0 Å². The summed E-state index contributed by atoms with van der Waals surface area (Å²) in [6, 6.07) is 8.94. The summed E-state index contributed by atoms with van der Waals surface area (Å²) in [5, 5.41) is 3.97. The molecule has 3 rings (SSSR count). The summed E-state index contributed by atoms with van der Waals surface area (Å²) in [5.41, 5.74) is 0.153. The van der Waals surface area contributed by atoms with Crippen molar-refractivity contribution >= 4 is 10.9 Å². The summed E-state index contributed by atoms with van der Waals surface area (Å²) in [4.78, 5) is 4.09. The van der Waals surface area contributed by atoms with Crippen molar-refractivity contribution in [1.82, 2.24) is 10.1 Å². The number of nitrogens with zero attached hydrogens (tertiary/aromatic N) is 2. The number of aromatic nitrogens is 2. The Morgan fingerprint density at radius 1 is 1.11 bits per heavy atom. The standard InChI is InChI=1S/C13H8F2N2O/c14-13(15,12-5-7-18-17-12)10-3-4-11-9(8-10)2-1-6-16-11/h1-8H. The van der Waals surface area contributed by atoms with Crippen molar-refractivity contribution in [2.45, 2.75) is 5.92 Å². The highest BCUT2D eigenvalue weighted by Crippen LogP contribution is 2.35. The highest BCUT2D eigenvalue weighted by atomic mass is 19.3. The Morgan fingerprint density at radius 3 is 2.78 bits per heavy atom. The molecule has 0 N–H and O–H groups in total. The Hall–Kier alpha value is -2.30. The van der Waals surface area contributed by atoms with Crippen LogP contribution in [0.15, 0.2) is 53.4 Å². The molecule has 2 heterocycles. The van der Waals surface area contributed by atoms with Gasteiger partial charge in [0.15, 0.2) is 5.69 Å². The van der Waals surface area contributed by atoms with Crippen LogP contribution in [0.5, 0.6) is 0 Å². The van der Waals surface area contributed by atoms with E-state index >= 15 is 0 Å². The fourth-order valence-electron chi connectivity index (χ4n) is 1.79. The Labute approximate surface area is 101 Å². The van der Waals surface area contributed by atoms with Crippen molar-refractivity contribution in [3.63, 3.8) is 0 Å². The van der Waals surface area contributed by atoms with E-state index in [1.165, 1.54) is 12.1 Å². The third-order valence-electron chi connectivity index (χ3n) is 2.73. The lowest BCUT2D eigenvalue weighted by molar-refractivity contribution is 0.0347. The summed E-state index contributed by atoms with van der Waals surface area (Å²) in [6.07, 6.45) is 2.75. The van der Waals surface area contributed by atoms with Gasteiger partial charge in [0, 0.05) is 23.2 Å². The van der Waals surface area contributed by atoms with Crippen LogP contribution < -0.4 is 0 Å². The van der Waals surface area contributed by atoms with Crippen LogP contribution in [0.2, 0.25) is 0 Å². The predicted octanol–water partition coefficient (Wildman–Crippen LogP) is 3.36. The van der Waals surface area contributed by atoms with Crippen LogP contribution in [-0.2, 0) is 5.92 Å². The molecule has 0 aliphatic heterocycles. The molecule has 0 aliphatic carbocycles. The number of benzene rings is 1. The van der Waals surface area contributed by atoms with Crippen LogP contribution in [0, 0.1) is 0 Å². The van der Waals surface area contributed by atoms with Crippen LogP contribution in [-0.4, -0.2) is 10.1 Å². The van der Waals surface area contributed by atoms with Crippen molar-refractivity contribution in [2.75, 3.05) is 0 Å². The second-order valence-corrected chi connectivity index (χ2v) is 3.87. The van der Waals surface area contributed by atoms with Gasteiger partial charge in [-0.15, -0.1) is 0 Å². The van der Waals surface area contributed by atoms with E-state index in [2.05, 4.69) is 14.7 Å². The van der Waals surface area contributed by atoms with Gasteiger partial charge < -0.3 is 4.52 Å². The molecule has 0 fully saturated rings. The zero-order valence-corrected chi connectivity index (χ0v) is 9.18. The number of fused-ring (bicyclic) bond motifs is 1. The Kier molecular flexibility index (Phi) is 2.33. The van der Waals surface area contributed by atoms with E-state index in [0.29, 0.717) is 10.9 Å². The highest BCUT2D eigenvalue weighted by Gasteiger charge is 2.37. The second kappa shape index (κ2) is 3.87. The third-order valence-corrected chi connectivity index (χ3v) is 2.73. The van der Waals surface area contributed by atoms with Crippen molar-refractivity contribution in [3.8, 4) is 0 Å². The van der Waals surface area contributed by atoms with Crippen LogP contribution in [0.1, 0.15) is 11.3 Å². The maximum Gasteiger partial charge on any atom is 0.318 e. The number of alkyl halides is 2. The van der Waals surface area contributed by atoms with Gasteiger partial charge in [0.05, 0.1) is 5.52 Å². The van der Waals surface area contributed by atoms with Gasteiger partial charge in [0.25, 0.3) is 0 Å². The molecule has 3 nitrogen and oxygen atoms in total. The molecule has 0 spiro atoms. The van der Waals surface area contributed by atoms with E-state index in [4.69, 9.17) is 0 Å². The second-order valence-electron chi connectivity index (χ2n) is 3.87. The van der Waals surface area contributed by atoms with Gasteiger partial charge in [0.1, 0.15) is 6.26 Å². The minimum atomic E-state index is -3.17. The molecule has 18 heavy (non-hydrogen) atoms. The maximum atomic E-state index is 14.1. The van der Waals surface area contributed by atoms with Crippen LogP contribution in [0.3, 0.4) is 0 Å². The molecule has 0 unspecified atom stereocenters. The number of halogens is 2. The predicted molar refractivity (Wildman–Crippen MR) is 61.2 cm³/mol. The van der Waals surface area contributed by atoms with Crippen molar-refractivity contribution in [1.29, 1.82) is 0 Å². The average molecular weight is 246 g/mol. The summed E-state index contributed by atoms with van der Waals surface area (Å²) >= 11 is 0. The fraction of sp³-hybridized carbons (Fsp3) is 0.0769. The normalized spacial score (nSPS) is 11.9. The van der Waals surface area contributed by atoms with Gasteiger partial charge in [-0.05, 0) is 18.2 Å². The van der Waals surface area contributed by atoms with E-state index in [9.17, 15) is 8.78 Å². The first-order valence-corrected chi connectivity index (χ1v) is 5.32. The number of rotatable bonds is 2.